The molecular weight excluding hydrogens is 445 g/mol. The predicted octanol–water partition coefficient (Wildman–Crippen LogP) is 4.83. The van der Waals surface area contributed by atoms with Gasteiger partial charge in [-0.1, -0.05) is 12.1 Å². The van der Waals surface area contributed by atoms with E-state index in [0.29, 0.717) is 16.6 Å². The summed E-state index contributed by atoms with van der Waals surface area (Å²) in [6, 6.07) is 7.62. The largest absolute Gasteiger partial charge is 0.433 e. The van der Waals surface area contributed by atoms with Crippen molar-refractivity contribution in [1.29, 1.82) is 0 Å². The van der Waals surface area contributed by atoms with Gasteiger partial charge in [-0.3, -0.25) is 9.48 Å². The molecule has 3 aromatic heterocycles. The first-order valence-corrected chi connectivity index (χ1v) is 10.8. The molecular formula is C24H25F3N6O. The minimum atomic E-state index is -4.68. The highest BCUT2D eigenvalue weighted by atomic mass is 19.4. The van der Waals surface area contributed by atoms with Crippen LogP contribution in [0.2, 0.25) is 0 Å². The van der Waals surface area contributed by atoms with Crippen molar-refractivity contribution >= 4 is 11.6 Å². The van der Waals surface area contributed by atoms with Gasteiger partial charge in [0.2, 0.25) is 0 Å². The van der Waals surface area contributed by atoms with Crippen molar-refractivity contribution in [1.82, 2.24) is 29.3 Å². The lowest BCUT2D eigenvalue weighted by atomic mass is 10.0. The third-order valence-electron chi connectivity index (χ3n) is 6.00. The van der Waals surface area contributed by atoms with Crippen LogP contribution < -0.4 is 0 Å². The number of fused-ring (bicyclic) bond motifs is 1. The van der Waals surface area contributed by atoms with E-state index in [1.807, 2.05) is 38.4 Å². The maximum atomic E-state index is 13.9. The molecule has 1 amide bonds. The highest BCUT2D eigenvalue weighted by molar-refractivity contribution is 5.93. The van der Waals surface area contributed by atoms with Crippen molar-refractivity contribution in [3.63, 3.8) is 0 Å². The lowest BCUT2D eigenvalue weighted by molar-refractivity contribution is -0.142. The van der Waals surface area contributed by atoms with Crippen LogP contribution in [0.25, 0.3) is 16.9 Å². The normalized spacial score (nSPS) is 11.9. The molecule has 0 aliphatic heterocycles. The molecule has 0 atom stereocenters. The summed E-state index contributed by atoms with van der Waals surface area (Å²) in [5, 5.41) is 8.24. The van der Waals surface area contributed by atoms with Gasteiger partial charge < -0.3 is 4.90 Å². The number of benzene rings is 1. The first-order valence-electron chi connectivity index (χ1n) is 10.8. The zero-order valence-corrected chi connectivity index (χ0v) is 19.6. The van der Waals surface area contributed by atoms with Gasteiger partial charge in [-0.2, -0.15) is 23.4 Å². The van der Waals surface area contributed by atoms with Crippen molar-refractivity contribution in [3.05, 3.63) is 70.3 Å². The van der Waals surface area contributed by atoms with Crippen LogP contribution in [0.5, 0.6) is 0 Å². The van der Waals surface area contributed by atoms with Crippen LogP contribution in [-0.4, -0.2) is 42.2 Å². The van der Waals surface area contributed by atoms with Crippen LogP contribution >= 0.6 is 0 Å². The van der Waals surface area contributed by atoms with E-state index < -0.39 is 17.8 Å². The number of aryl methyl sites for hydroxylation is 3. The second kappa shape index (κ2) is 8.58. The zero-order valence-electron chi connectivity index (χ0n) is 19.6. The molecule has 0 saturated heterocycles. The number of hydrogen-bond acceptors (Lipinski definition) is 4. The van der Waals surface area contributed by atoms with Gasteiger partial charge in [0, 0.05) is 43.0 Å². The molecule has 178 valence electrons. The fourth-order valence-electron chi connectivity index (χ4n) is 3.81. The van der Waals surface area contributed by atoms with Crippen molar-refractivity contribution in [2.75, 3.05) is 7.05 Å². The number of hydrogen-bond donors (Lipinski definition) is 0. The lowest BCUT2D eigenvalue weighted by Gasteiger charge is -2.15. The lowest BCUT2D eigenvalue weighted by Crippen LogP contribution is -2.27. The molecule has 4 rings (SSSR count). The molecule has 0 bridgehead atoms. The molecule has 0 aliphatic rings. The summed E-state index contributed by atoms with van der Waals surface area (Å²) in [6.45, 7) is 8.64. The first-order chi connectivity index (χ1) is 16.0. The van der Waals surface area contributed by atoms with Gasteiger partial charge in [0.05, 0.1) is 11.9 Å². The molecule has 7 nitrogen and oxygen atoms in total. The summed E-state index contributed by atoms with van der Waals surface area (Å²) >= 11 is 0. The third-order valence-corrected chi connectivity index (χ3v) is 6.00. The second-order valence-corrected chi connectivity index (χ2v) is 8.36. The highest BCUT2D eigenvalue weighted by Gasteiger charge is 2.36. The van der Waals surface area contributed by atoms with Crippen molar-refractivity contribution in [2.24, 2.45) is 0 Å². The number of nitrogens with zero attached hydrogens (tertiary/aromatic N) is 6. The number of halogens is 3. The molecule has 10 heteroatoms. The van der Waals surface area contributed by atoms with Gasteiger partial charge in [0.1, 0.15) is 0 Å². The first kappa shape index (κ1) is 23.5. The van der Waals surface area contributed by atoms with Gasteiger partial charge in [-0.25, -0.2) is 9.50 Å². The number of alkyl halides is 3. The quantitative estimate of drug-likeness (QED) is 0.419. The predicted molar refractivity (Wildman–Crippen MR) is 121 cm³/mol. The average Bonchev–Trinajstić information content (AvgIpc) is 3.37. The summed E-state index contributed by atoms with van der Waals surface area (Å²) < 4.78 is 44.2. The summed E-state index contributed by atoms with van der Waals surface area (Å²) in [7, 11) is 1.58. The second-order valence-electron chi connectivity index (χ2n) is 8.36. The monoisotopic (exact) mass is 470 g/mol. The Morgan fingerprint density at radius 2 is 1.82 bits per heavy atom. The molecule has 0 N–H and O–H groups in total. The van der Waals surface area contributed by atoms with Gasteiger partial charge in [-0.05, 0) is 51.0 Å². The third kappa shape index (κ3) is 4.27. The van der Waals surface area contributed by atoms with Gasteiger partial charge >= 0.3 is 6.18 Å². The standard InChI is InChI=1S/C24H25F3N6O/c1-6-32-16(4)18(12-28-32)13-31(5)23(34)20-11-22-29-19(17-8-7-14(2)15(3)9-17)10-21(24(25,26)27)33(22)30-20/h7-12H,6,13H2,1-5H3. The fraction of sp³-hybridized carbons (Fsp3) is 0.333. The molecule has 1 aromatic carbocycles. The average molecular weight is 470 g/mol. The van der Waals surface area contributed by atoms with E-state index in [1.165, 1.54) is 11.0 Å². The number of carbonyl (C=O) groups is 1. The van der Waals surface area contributed by atoms with E-state index in [-0.39, 0.29) is 23.6 Å². The van der Waals surface area contributed by atoms with E-state index in [1.54, 1.807) is 25.4 Å². The molecule has 34 heavy (non-hydrogen) atoms. The topological polar surface area (TPSA) is 68.3 Å². The van der Waals surface area contributed by atoms with Crippen LogP contribution in [0, 0.1) is 20.8 Å². The zero-order chi connectivity index (χ0) is 24.8. The van der Waals surface area contributed by atoms with Crippen molar-refractivity contribution in [3.8, 4) is 11.3 Å². The Morgan fingerprint density at radius 3 is 2.44 bits per heavy atom. The van der Waals surface area contributed by atoms with Crippen LogP contribution in [-0.2, 0) is 19.3 Å². The fourth-order valence-corrected chi connectivity index (χ4v) is 3.81. The molecule has 0 spiro atoms. The van der Waals surface area contributed by atoms with Crippen LogP contribution in [0.3, 0.4) is 0 Å². The Morgan fingerprint density at radius 1 is 1.09 bits per heavy atom. The van der Waals surface area contributed by atoms with Crippen molar-refractivity contribution < 1.29 is 18.0 Å². The Balaban J connectivity index is 1.73. The molecule has 4 aromatic rings. The van der Waals surface area contributed by atoms with E-state index in [0.717, 1.165) is 28.5 Å². The molecule has 0 radical (unpaired) electrons. The maximum Gasteiger partial charge on any atom is 0.433 e. The van der Waals surface area contributed by atoms with E-state index >= 15 is 0 Å². The van der Waals surface area contributed by atoms with Gasteiger partial charge in [0.25, 0.3) is 5.91 Å². The van der Waals surface area contributed by atoms with Crippen LogP contribution in [0.1, 0.15) is 45.5 Å². The summed E-state index contributed by atoms with van der Waals surface area (Å²) in [5.41, 5.74) is 3.33. The number of rotatable bonds is 5. The van der Waals surface area contributed by atoms with Crippen LogP contribution in [0.4, 0.5) is 13.2 Å². The molecule has 0 unspecified atom stereocenters. The molecule has 0 fully saturated rings. The van der Waals surface area contributed by atoms with Crippen molar-refractivity contribution in [2.45, 2.75) is 47.0 Å². The molecule has 0 saturated carbocycles. The Kier molecular flexibility index (Phi) is 5.93. The molecule has 3 heterocycles. The Labute approximate surface area is 194 Å². The Hall–Kier alpha value is -3.69. The molecule has 0 aliphatic carbocycles. The Bertz CT molecular complexity index is 1390. The van der Waals surface area contributed by atoms with Crippen LogP contribution in [0.15, 0.2) is 36.5 Å². The van der Waals surface area contributed by atoms with E-state index in [9.17, 15) is 18.0 Å². The van der Waals surface area contributed by atoms with E-state index in [4.69, 9.17) is 0 Å². The highest BCUT2D eigenvalue weighted by Crippen LogP contribution is 2.33. The summed E-state index contributed by atoms with van der Waals surface area (Å²) in [6.07, 6.45) is -2.99. The number of amides is 1. The minimum absolute atomic E-state index is 0.0465. The summed E-state index contributed by atoms with van der Waals surface area (Å²) in [5.74, 6) is -0.505. The number of carbonyl (C=O) groups excluding carboxylic acids is 1. The SMILES string of the molecule is CCn1ncc(CN(C)C(=O)c2cc3nc(-c4ccc(C)c(C)c4)cc(C(F)(F)F)n3n2)c1C. The van der Waals surface area contributed by atoms with Gasteiger partial charge in [0.15, 0.2) is 17.0 Å². The summed E-state index contributed by atoms with van der Waals surface area (Å²) in [4.78, 5) is 18.8. The smallest absolute Gasteiger partial charge is 0.336 e. The van der Waals surface area contributed by atoms with E-state index in [2.05, 4.69) is 15.2 Å². The minimum Gasteiger partial charge on any atom is -0.336 e. The number of aromatic nitrogens is 5. The van der Waals surface area contributed by atoms with Gasteiger partial charge in [-0.15, -0.1) is 0 Å². The maximum absolute atomic E-state index is 13.9.